The second-order valence-electron chi connectivity index (χ2n) is 3.29. The highest BCUT2D eigenvalue weighted by atomic mass is 32.1. The van der Waals surface area contributed by atoms with Crippen LogP contribution in [0, 0.1) is 0 Å². The molecule has 0 amide bonds. The summed E-state index contributed by atoms with van der Waals surface area (Å²) in [4.78, 5) is 4.13. The lowest BCUT2D eigenvalue weighted by Crippen LogP contribution is -1.94. The molecule has 90 valence electrons. The standard InChI is InChI=1S/C11H14N4OS/c1-3-13-11-15-14-10(17-11)8-5-9(16-4-2)7-12-6-8/h5-7H,3-4H2,1-2H3,(H,13,15). The molecule has 0 aliphatic heterocycles. The fourth-order valence-electron chi connectivity index (χ4n) is 1.34. The van der Waals surface area contributed by atoms with E-state index in [4.69, 9.17) is 4.74 Å². The van der Waals surface area contributed by atoms with Gasteiger partial charge in [0.25, 0.3) is 0 Å². The topological polar surface area (TPSA) is 59.9 Å². The van der Waals surface area contributed by atoms with E-state index < -0.39 is 0 Å². The van der Waals surface area contributed by atoms with Gasteiger partial charge in [0.2, 0.25) is 5.13 Å². The fraction of sp³-hybridized carbons (Fsp3) is 0.364. The van der Waals surface area contributed by atoms with Gasteiger partial charge in [0.05, 0.1) is 12.8 Å². The molecule has 0 unspecified atom stereocenters. The molecule has 0 aliphatic rings. The van der Waals surface area contributed by atoms with Crippen molar-refractivity contribution in [1.82, 2.24) is 15.2 Å². The van der Waals surface area contributed by atoms with Crippen molar-refractivity contribution < 1.29 is 4.74 Å². The second kappa shape index (κ2) is 5.58. The molecule has 6 heteroatoms. The monoisotopic (exact) mass is 250 g/mol. The summed E-state index contributed by atoms with van der Waals surface area (Å²) in [6.07, 6.45) is 3.46. The minimum atomic E-state index is 0.629. The summed E-state index contributed by atoms with van der Waals surface area (Å²) in [5.74, 6) is 0.755. The zero-order valence-corrected chi connectivity index (χ0v) is 10.6. The maximum atomic E-state index is 5.40. The summed E-state index contributed by atoms with van der Waals surface area (Å²) in [5.41, 5.74) is 0.928. The first-order valence-corrected chi connectivity index (χ1v) is 6.30. The average Bonchev–Trinajstić information content (AvgIpc) is 2.79. The molecule has 0 spiro atoms. The van der Waals surface area contributed by atoms with Gasteiger partial charge in [-0.05, 0) is 19.9 Å². The van der Waals surface area contributed by atoms with Crippen molar-refractivity contribution in [3.8, 4) is 16.3 Å². The van der Waals surface area contributed by atoms with Gasteiger partial charge in [-0.2, -0.15) is 0 Å². The Morgan fingerprint density at radius 1 is 1.29 bits per heavy atom. The number of anilines is 1. The third-order valence-electron chi connectivity index (χ3n) is 2.02. The number of aromatic nitrogens is 3. The van der Waals surface area contributed by atoms with Gasteiger partial charge in [-0.1, -0.05) is 11.3 Å². The van der Waals surface area contributed by atoms with E-state index in [-0.39, 0.29) is 0 Å². The van der Waals surface area contributed by atoms with Crippen LogP contribution in [0.3, 0.4) is 0 Å². The van der Waals surface area contributed by atoms with E-state index in [0.29, 0.717) is 6.61 Å². The Morgan fingerprint density at radius 2 is 2.18 bits per heavy atom. The molecule has 0 saturated heterocycles. The number of pyridine rings is 1. The van der Waals surface area contributed by atoms with Crippen LogP contribution in [0.2, 0.25) is 0 Å². The molecule has 2 rings (SSSR count). The summed E-state index contributed by atoms with van der Waals surface area (Å²) < 4.78 is 5.40. The molecule has 0 aliphatic carbocycles. The van der Waals surface area contributed by atoms with Gasteiger partial charge < -0.3 is 10.1 Å². The number of hydrogen-bond donors (Lipinski definition) is 1. The Hall–Kier alpha value is -1.69. The van der Waals surface area contributed by atoms with Gasteiger partial charge in [-0.15, -0.1) is 10.2 Å². The van der Waals surface area contributed by atoms with E-state index in [9.17, 15) is 0 Å². The van der Waals surface area contributed by atoms with Crippen molar-refractivity contribution in [3.05, 3.63) is 18.5 Å². The third-order valence-corrected chi connectivity index (χ3v) is 2.95. The largest absolute Gasteiger partial charge is 0.492 e. The number of nitrogens with one attached hydrogen (secondary N) is 1. The molecule has 0 fully saturated rings. The van der Waals surface area contributed by atoms with Crippen molar-refractivity contribution in [2.45, 2.75) is 13.8 Å². The molecule has 0 atom stereocenters. The van der Waals surface area contributed by atoms with Crippen LogP contribution in [0.5, 0.6) is 5.75 Å². The van der Waals surface area contributed by atoms with E-state index >= 15 is 0 Å². The van der Waals surface area contributed by atoms with E-state index in [1.807, 2.05) is 19.9 Å². The van der Waals surface area contributed by atoms with Crippen LogP contribution >= 0.6 is 11.3 Å². The van der Waals surface area contributed by atoms with Crippen LogP contribution < -0.4 is 10.1 Å². The molecule has 0 radical (unpaired) electrons. The van der Waals surface area contributed by atoms with E-state index in [1.54, 1.807) is 12.4 Å². The molecule has 2 aromatic rings. The van der Waals surface area contributed by atoms with Gasteiger partial charge in [-0.3, -0.25) is 4.98 Å². The molecule has 2 heterocycles. The molecule has 2 aromatic heterocycles. The zero-order valence-electron chi connectivity index (χ0n) is 9.80. The molecule has 17 heavy (non-hydrogen) atoms. The number of nitrogens with zero attached hydrogens (tertiary/aromatic N) is 3. The average molecular weight is 250 g/mol. The Balaban J connectivity index is 2.22. The number of rotatable bonds is 5. The molecular weight excluding hydrogens is 236 g/mol. The quantitative estimate of drug-likeness (QED) is 0.883. The van der Waals surface area contributed by atoms with Gasteiger partial charge in [0, 0.05) is 18.3 Å². The van der Waals surface area contributed by atoms with E-state index in [2.05, 4.69) is 20.5 Å². The minimum Gasteiger partial charge on any atom is -0.492 e. The van der Waals surface area contributed by atoms with Crippen LogP contribution in [0.25, 0.3) is 10.6 Å². The zero-order chi connectivity index (χ0) is 12.1. The lowest BCUT2D eigenvalue weighted by atomic mass is 10.3. The number of ether oxygens (including phenoxy) is 1. The number of hydrogen-bond acceptors (Lipinski definition) is 6. The van der Waals surface area contributed by atoms with Gasteiger partial charge in [0.1, 0.15) is 5.75 Å². The summed E-state index contributed by atoms with van der Waals surface area (Å²) in [5, 5.41) is 13.0. The van der Waals surface area contributed by atoms with E-state index in [0.717, 1.165) is 28.0 Å². The maximum absolute atomic E-state index is 5.40. The second-order valence-corrected chi connectivity index (χ2v) is 4.26. The van der Waals surface area contributed by atoms with Crippen LogP contribution in [0.15, 0.2) is 18.5 Å². The Bertz CT molecular complexity index is 486. The first-order chi connectivity index (χ1) is 8.33. The summed E-state index contributed by atoms with van der Waals surface area (Å²) in [6.45, 7) is 5.44. The Labute approximate surface area is 104 Å². The van der Waals surface area contributed by atoms with Crippen LogP contribution in [0.1, 0.15) is 13.8 Å². The van der Waals surface area contributed by atoms with Crippen molar-refractivity contribution in [1.29, 1.82) is 0 Å². The highest BCUT2D eigenvalue weighted by Crippen LogP contribution is 2.27. The smallest absolute Gasteiger partial charge is 0.205 e. The third kappa shape index (κ3) is 2.91. The van der Waals surface area contributed by atoms with Gasteiger partial charge in [0.15, 0.2) is 5.01 Å². The maximum Gasteiger partial charge on any atom is 0.205 e. The van der Waals surface area contributed by atoms with Gasteiger partial charge >= 0.3 is 0 Å². The summed E-state index contributed by atoms with van der Waals surface area (Å²) in [6, 6.07) is 1.92. The summed E-state index contributed by atoms with van der Waals surface area (Å²) >= 11 is 1.51. The van der Waals surface area contributed by atoms with Crippen molar-refractivity contribution in [2.75, 3.05) is 18.5 Å². The summed E-state index contributed by atoms with van der Waals surface area (Å²) in [7, 11) is 0. The lowest BCUT2D eigenvalue weighted by molar-refractivity contribution is 0.339. The van der Waals surface area contributed by atoms with Crippen molar-refractivity contribution >= 4 is 16.5 Å². The van der Waals surface area contributed by atoms with Crippen LogP contribution in [-0.4, -0.2) is 28.3 Å². The predicted molar refractivity (Wildman–Crippen MR) is 68.5 cm³/mol. The first-order valence-electron chi connectivity index (χ1n) is 5.49. The fourth-order valence-corrected chi connectivity index (χ4v) is 2.14. The lowest BCUT2D eigenvalue weighted by Gasteiger charge is -2.02. The van der Waals surface area contributed by atoms with E-state index in [1.165, 1.54) is 11.3 Å². The predicted octanol–water partition coefficient (Wildman–Crippen LogP) is 2.43. The first kappa shape index (κ1) is 11.8. The molecular formula is C11H14N4OS. The molecule has 5 nitrogen and oxygen atoms in total. The molecule has 1 N–H and O–H groups in total. The SMILES string of the molecule is CCNc1nnc(-c2cncc(OCC)c2)s1. The van der Waals surface area contributed by atoms with Crippen molar-refractivity contribution in [2.24, 2.45) is 0 Å². The van der Waals surface area contributed by atoms with Crippen LogP contribution in [0.4, 0.5) is 5.13 Å². The van der Waals surface area contributed by atoms with Crippen LogP contribution in [-0.2, 0) is 0 Å². The Kier molecular flexibility index (Phi) is 3.87. The van der Waals surface area contributed by atoms with Gasteiger partial charge in [-0.25, -0.2) is 0 Å². The highest BCUT2D eigenvalue weighted by Gasteiger charge is 2.07. The highest BCUT2D eigenvalue weighted by molar-refractivity contribution is 7.18. The normalized spacial score (nSPS) is 10.2. The minimum absolute atomic E-state index is 0.629. The molecule has 0 saturated carbocycles. The molecule has 0 aromatic carbocycles. The molecule has 0 bridgehead atoms. The Morgan fingerprint density at radius 3 is 2.94 bits per heavy atom. The van der Waals surface area contributed by atoms with Crippen molar-refractivity contribution in [3.63, 3.8) is 0 Å².